The van der Waals surface area contributed by atoms with Crippen molar-refractivity contribution >= 4 is 5.91 Å². The van der Waals surface area contributed by atoms with Crippen molar-refractivity contribution in [2.75, 3.05) is 13.9 Å². The van der Waals surface area contributed by atoms with Gasteiger partial charge < -0.3 is 28.6 Å². The van der Waals surface area contributed by atoms with Crippen molar-refractivity contribution in [3.05, 3.63) is 75.7 Å². The van der Waals surface area contributed by atoms with Gasteiger partial charge in [-0.1, -0.05) is 17.3 Å². The summed E-state index contributed by atoms with van der Waals surface area (Å²) < 4.78 is 22.7. The molecule has 0 saturated heterocycles. The molecular formula is C26H24N4O6. The Labute approximate surface area is 206 Å². The highest BCUT2D eigenvalue weighted by molar-refractivity contribution is 5.76. The Morgan fingerprint density at radius 1 is 1.08 bits per heavy atom. The number of aromatic nitrogens is 3. The molecule has 1 aliphatic heterocycles. The van der Waals surface area contributed by atoms with E-state index in [4.69, 9.17) is 18.7 Å². The number of hydrogen-bond acceptors (Lipinski definition) is 8. The van der Waals surface area contributed by atoms with Crippen LogP contribution in [0.1, 0.15) is 16.8 Å². The zero-order chi connectivity index (χ0) is 25.2. The molecule has 10 heteroatoms. The van der Waals surface area contributed by atoms with Crippen molar-refractivity contribution in [3.8, 4) is 40.1 Å². The summed E-state index contributed by atoms with van der Waals surface area (Å²) in [5, 5.41) is 6.89. The van der Waals surface area contributed by atoms with Crippen LogP contribution in [-0.4, -0.2) is 34.5 Å². The Hall–Kier alpha value is -4.60. The van der Waals surface area contributed by atoms with Crippen LogP contribution in [0, 0.1) is 13.8 Å². The summed E-state index contributed by atoms with van der Waals surface area (Å²) in [5.41, 5.74) is 2.78. The van der Waals surface area contributed by atoms with Crippen LogP contribution < -0.4 is 25.1 Å². The molecule has 1 N–H and O–H groups in total. The Morgan fingerprint density at radius 3 is 2.64 bits per heavy atom. The van der Waals surface area contributed by atoms with E-state index in [-0.39, 0.29) is 36.3 Å². The van der Waals surface area contributed by atoms with Crippen LogP contribution in [0.5, 0.6) is 17.2 Å². The number of aryl methyl sites for hydroxylation is 2. The molecule has 2 aromatic heterocycles. The second-order valence-corrected chi connectivity index (χ2v) is 8.35. The van der Waals surface area contributed by atoms with Gasteiger partial charge in [0.15, 0.2) is 11.5 Å². The Bertz CT molecular complexity index is 1490. The molecule has 184 valence electrons. The van der Waals surface area contributed by atoms with E-state index >= 15 is 0 Å². The number of carbonyl (C=O) groups excluding carboxylic acids is 1. The monoisotopic (exact) mass is 488 g/mol. The maximum absolute atomic E-state index is 13.4. The maximum atomic E-state index is 13.4. The summed E-state index contributed by atoms with van der Waals surface area (Å²) in [6, 6.07) is 14.5. The zero-order valence-electron chi connectivity index (χ0n) is 20.0. The van der Waals surface area contributed by atoms with Gasteiger partial charge in [0.2, 0.25) is 18.5 Å². The van der Waals surface area contributed by atoms with E-state index in [0.29, 0.717) is 40.7 Å². The number of methoxy groups -OCH3 is 1. The number of amides is 1. The first-order chi connectivity index (χ1) is 17.4. The SMILES string of the molecule is COc1ccc(CNC(=O)Cn2c(C)cc(C)c(-c3nc(-c4ccc5c(c4)OCO5)no3)c2=O)cc1. The van der Waals surface area contributed by atoms with E-state index in [1.165, 1.54) is 4.57 Å². The molecule has 1 amide bonds. The molecule has 0 bridgehead atoms. The minimum absolute atomic E-state index is 0.0811. The lowest BCUT2D eigenvalue weighted by molar-refractivity contribution is -0.121. The fourth-order valence-electron chi connectivity index (χ4n) is 4.01. The lowest BCUT2D eigenvalue weighted by Gasteiger charge is -2.13. The van der Waals surface area contributed by atoms with Gasteiger partial charge in [0.1, 0.15) is 17.9 Å². The number of nitrogens with one attached hydrogen (secondary N) is 1. The Balaban J connectivity index is 1.36. The minimum atomic E-state index is -0.381. The normalized spacial score (nSPS) is 12.0. The molecule has 5 rings (SSSR count). The number of benzene rings is 2. The molecule has 10 nitrogen and oxygen atoms in total. The summed E-state index contributed by atoms with van der Waals surface area (Å²) in [4.78, 5) is 30.5. The van der Waals surface area contributed by atoms with Crippen molar-refractivity contribution in [1.29, 1.82) is 0 Å². The van der Waals surface area contributed by atoms with Crippen molar-refractivity contribution < 1.29 is 23.5 Å². The zero-order valence-corrected chi connectivity index (χ0v) is 20.0. The second-order valence-electron chi connectivity index (χ2n) is 8.35. The topological polar surface area (TPSA) is 118 Å². The average Bonchev–Trinajstić information content (AvgIpc) is 3.55. The van der Waals surface area contributed by atoms with E-state index in [1.54, 1.807) is 39.2 Å². The lowest BCUT2D eigenvalue weighted by atomic mass is 10.1. The third-order valence-corrected chi connectivity index (χ3v) is 5.93. The highest BCUT2D eigenvalue weighted by Crippen LogP contribution is 2.35. The van der Waals surface area contributed by atoms with Gasteiger partial charge in [0, 0.05) is 17.8 Å². The summed E-state index contributed by atoms with van der Waals surface area (Å²) in [6.45, 7) is 3.92. The fourth-order valence-corrected chi connectivity index (χ4v) is 4.01. The molecule has 0 spiro atoms. The molecular weight excluding hydrogens is 464 g/mol. The molecule has 0 unspecified atom stereocenters. The highest BCUT2D eigenvalue weighted by Gasteiger charge is 2.21. The first kappa shape index (κ1) is 23.2. The first-order valence-electron chi connectivity index (χ1n) is 11.3. The van der Waals surface area contributed by atoms with Crippen LogP contribution in [0.3, 0.4) is 0 Å². The molecule has 0 atom stereocenters. The van der Waals surface area contributed by atoms with E-state index in [9.17, 15) is 9.59 Å². The molecule has 36 heavy (non-hydrogen) atoms. The number of nitrogens with zero attached hydrogens (tertiary/aromatic N) is 3. The summed E-state index contributed by atoms with van der Waals surface area (Å²) >= 11 is 0. The quantitative estimate of drug-likeness (QED) is 0.421. The van der Waals surface area contributed by atoms with Gasteiger partial charge >= 0.3 is 0 Å². The molecule has 0 radical (unpaired) electrons. The summed E-state index contributed by atoms with van der Waals surface area (Å²) in [7, 11) is 1.60. The first-order valence-corrected chi connectivity index (χ1v) is 11.3. The molecule has 4 aromatic rings. The van der Waals surface area contributed by atoms with Gasteiger partial charge in [-0.05, 0) is 61.4 Å². The second kappa shape index (κ2) is 9.57. The minimum Gasteiger partial charge on any atom is -0.497 e. The van der Waals surface area contributed by atoms with Crippen molar-refractivity contribution in [2.45, 2.75) is 26.9 Å². The van der Waals surface area contributed by atoms with Crippen LogP contribution in [0.2, 0.25) is 0 Å². The van der Waals surface area contributed by atoms with E-state index in [1.807, 2.05) is 30.3 Å². The molecule has 2 aromatic carbocycles. The average molecular weight is 489 g/mol. The largest absolute Gasteiger partial charge is 0.497 e. The van der Waals surface area contributed by atoms with Crippen LogP contribution in [0.25, 0.3) is 22.8 Å². The maximum Gasteiger partial charge on any atom is 0.264 e. The van der Waals surface area contributed by atoms with Gasteiger partial charge in [-0.3, -0.25) is 9.59 Å². The molecule has 0 fully saturated rings. The van der Waals surface area contributed by atoms with Gasteiger partial charge in [0.05, 0.1) is 7.11 Å². The smallest absolute Gasteiger partial charge is 0.264 e. The van der Waals surface area contributed by atoms with Crippen molar-refractivity contribution in [1.82, 2.24) is 20.0 Å². The third-order valence-electron chi connectivity index (χ3n) is 5.93. The summed E-state index contributed by atoms with van der Waals surface area (Å²) in [5.74, 6) is 2.07. The Kier molecular flexibility index (Phi) is 6.16. The predicted octanol–water partition coefficient (Wildman–Crippen LogP) is 3.24. The van der Waals surface area contributed by atoms with Crippen LogP contribution >= 0.6 is 0 Å². The van der Waals surface area contributed by atoms with Crippen LogP contribution in [-0.2, 0) is 17.9 Å². The standard InChI is InChI=1S/C26H24N4O6/c1-15-10-16(2)30(13-22(31)27-12-17-4-7-19(33-3)8-5-17)26(32)23(15)25-28-24(29-36-25)18-6-9-20-21(11-18)35-14-34-20/h4-11H,12-14H2,1-3H3,(H,27,31). The van der Waals surface area contributed by atoms with Gasteiger partial charge in [-0.15, -0.1) is 0 Å². The molecule has 0 aliphatic carbocycles. The number of hydrogen-bond donors (Lipinski definition) is 1. The molecule has 3 heterocycles. The molecule has 1 aliphatic rings. The number of rotatable bonds is 7. The van der Waals surface area contributed by atoms with Crippen LogP contribution in [0.15, 0.2) is 57.8 Å². The van der Waals surface area contributed by atoms with Gasteiger partial charge in [-0.25, -0.2) is 0 Å². The van der Waals surface area contributed by atoms with Crippen molar-refractivity contribution in [3.63, 3.8) is 0 Å². The van der Waals surface area contributed by atoms with E-state index in [2.05, 4.69) is 15.5 Å². The van der Waals surface area contributed by atoms with Gasteiger partial charge in [-0.2, -0.15) is 4.98 Å². The third kappa shape index (κ3) is 4.52. The van der Waals surface area contributed by atoms with Crippen LogP contribution in [0.4, 0.5) is 0 Å². The summed E-state index contributed by atoms with van der Waals surface area (Å²) in [6.07, 6.45) is 0. The number of ether oxygens (including phenoxy) is 3. The van der Waals surface area contributed by atoms with Crippen molar-refractivity contribution in [2.24, 2.45) is 0 Å². The number of pyridine rings is 1. The van der Waals surface area contributed by atoms with E-state index < -0.39 is 0 Å². The van der Waals surface area contributed by atoms with E-state index in [0.717, 1.165) is 11.3 Å². The lowest BCUT2D eigenvalue weighted by Crippen LogP contribution is -2.34. The predicted molar refractivity (Wildman–Crippen MR) is 130 cm³/mol. The van der Waals surface area contributed by atoms with Gasteiger partial charge in [0.25, 0.3) is 11.4 Å². The number of carbonyl (C=O) groups is 1. The fraction of sp³-hybridized carbons (Fsp3) is 0.231. The Morgan fingerprint density at radius 2 is 1.86 bits per heavy atom. The highest BCUT2D eigenvalue weighted by atomic mass is 16.7. The molecule has 0 saturated carbocycles. The number of fused-ring (bicyclic) bond motifs is 1.